The molecule has 2 atom stereocenters. The van der Waals surface area contributed by atoms with Gasteiger partial charge in [0.25, 0.3) is 0 Å². The molecule has 1 saturated heterocycles. The normalized spacial score (nSPS) is 20.2. The molecule has 1 aliphatic rings. The topological polar surface area (TPSA) is 58.4 Å². The standard InChI is InChI=1S/C15H23N3O/c1-11(13-6-7-17-10-13)8-12-4-3-5-14(9-12)18(2)15(16)19/h3-5,9,11,13,17H,6-8,10H2,1-2H3,(H2,16,19). The Kier molecular flexibility index (Phi) is 4.43. The average Bonchev–Trinajstić information content (AvgIpc) is 2.92. The molecule has 1 fully saturated rings. The van der Waals surface area contributed by atoms with Crippen LogP contribution in [-0.4, -0.2) is 26.2 Å². The number of primary amides is 1. The third kappa shape index (κ3) is 3.47. The van der Waals surface area contributed by atoms with Gasteiger partial charge in [0, 0.05) is 12.7 Å². The van der Waals surface area contributed by atoms with Crippen molar-refractivity contribution in [1.82, 2.24) is 5.32 Å². The lowest BCUT2D eigenvalue weighted by Gasteiger charge is -2.20. The SMILES string of the molecule is CC(Cc1cccc(N(C)C(N)=O)c1)C1CCNC1. The molecule has 0 aromatic heterocycles. The molecule has 1 aliphatic heterocycles. The molecular formula is C15H23N3O. The van der Waals surface area contributed by atoms with Gasteiger partial charge in [-0.1, -0.05) is 19.1 Å². The molecular weight excluding hydrogens is 238 g/mol. The summed E-state index contributed by atoms with van der Waals surface area (Å²) in [6.07, 6.45) is 2.31. The van der Waals surface area contributed by atoms with E-state index in [0.29, 0.717) is 5.92 Å². The van der Waals surface area contributed by atoms with Crippen molar-refractivity contribution < 1.29 is 4.79 Å². The molecule has 104 valence electrons. The number of carbonyl (C=O) groups is 1. The highest BCUT2D eigenvalue weighted by molar-refractivity contribution is 5.90. The molecule has 2 unspecified atom stereocenters. The lowest BCUT2D eigenvalue weighted by atomic mass is 9.88. The van der Waals surface area contributed by atoms with Crippen molar-refractivity contribution in [1.29, 1.82) is 0 Å². The number of nitrogens with two attached hydrogens (primary N) is 1. The number of anilines is 1. The summed E-state index contributed by atoms with van der Waals surface area (Å²) >= 11 is 0. The van der Waals surface area contributed by atoms with Crippen molar-refractivity contribution >= 4 is 11.7 Å². The summed E-state index contributed by atoms with van der Waals surface area (Å²) in [4.78, 5) is 12.7. The molecule has 1 aromatic carbocycles. The maximum Gasteiger partial charge on any atom is 0.318 e. The van der Waals surface area contributed by atoms with E-state index in [1.54, 1.807) is 7.05 Å². The molecule has 19 heavy (non-hydrogen) atoms. The van der Waals surface area contributed by atoms with E-state index in [2.05, 4.69) is 24.4 Å². The second-order valence-corrected chi connectivity index (χ2v) is 5.50. The van der Waals surface area contributed by atoms with E-state index in [9.17, 15) is 4.79 Å². The lowest BCUT2D eigenvalue weighted by Crippen LogP contribution is -2.31. The molecule has 4 heteroatoms. The van der Waals surface area contributed by atoms with E-state index in [-0.39, 0.29) is 0 Å². The van der Waals surface area contributed by atoms with Crippen molar-refractivity contribution in [2.45, 2.75) is 19.8 Å². The second-order valence-electron chi connectivity index (χ2n) is 5.50. The largest absolute Gasteiger partial charge is 0.351 e. The number of benzene rings is 1. The zero-order chi connectivity index (χ0) is 13.8. The Morgan fingerprint density at radius 2 is 2.37 bits per heavy atom. The van der Waals surface area contributed by atoms with Crippen LogP contribution in [-0.2, 0) is 6.42 Å². The number of hydrogen-bond acceptors (Lipinski definition) is 2. The molecule has 0 saturated carbocycles. The molecule has 0 spiro atoms. The summed E-state index contributed by atoms with van der Waals surface area (Å²) in [6.45, 7) is 4.57. The quantitative estimate of drug-likeness (QED) is 0.871. The van der Waals surface area contributed by atoms with Crippen LogP contribution in [0.4, 0.5) is 10.5 Å². The Balaban J connectivity index is 2.04. The number of rotatable bonds is 4. The zero-order valence-electron chi connectivity index (χ0n) is 11.7. The highest BCUT2D eigenvalue weighted by Crippen LogP contribution is 2.24. The first-order valence-electron chi connectivity index (χ1n) is 6.90. The highest BCUT2D eigenvalue weighted by Gasteiger charge is 2.21. The van der Waals surface area contributed by atoms with Crippen LogP contribution < -0.4 is 16.0 Å². The van der Waals surface area contributed by atoms with E-state index in [4.69, 9.17) is 5.73 Å². The van der Waals surface area contributed by atoms with Crippen molar-refractivity contribution in [3.05, 3.63) is 29.8 Å². The maximum absolute atomic E-state index is 11.2. The van der Waals surface area contributed by atoms with Crippen LogP contribution >= 0.6 is 0 Å². The lowest BCUT2D eigenvalue weighted by molar-refractivity contribution is 0.255. The van der Waals surface area contributed by atoms with Crippen molar-refractivity contribution in [3.63, 3.8) is 0 Å². The molecule has 2 amide bonds. The number of nitrogens with one attached hydrogen (secondary N) is 1. The van der Waals surface area contributed by atoms with Gasteiger partial charge in [-0.15, -0.1) is 0 Å². The smallest absolute Gasteiger partial charge is 0.318 e. The van der Waals surface area contributed by atoms with Gasteiger partial charge in [0.05, 0.1) is 0 Å². The molecule has 1 heterocycles. The summed E-state index contributed by atoms with van der Waals surface area (Å²) < 4.78 is 0. The van der Waals surface area contributed by atoms with E-state index in [1.165, 1.54) is 16.9 Å². The molecule has 2 rings (SSSR count). The molecule has 1 aromatic rings. The summed E-state index contributed by atoms with van der Waals surface area (Å²) in [5.74, 6) is 1.42. The summed E-state index contributed by atoms with van der Waals surface area (Å²) in [7, 11) is 1.70. The number of urea groups is 1. The van der Waals surface area contributed by atoms with Crippen LogP contribution in [0.2, 0.25) is 0 Å². The molecule has 4 nitrogen and oxygen atoms in total. The van der Waals surface area contributed by atoms with Gasteiger partial charge in [-0.2, -0.15) is 0 Å². The predicted molar refractivity (Wildman–Crippen MR) is 78.3 cm³/mol. The first-order valence-corrected chi connectivity index (χ1v) is 6.90. The van der Waals surface area contributed by atoms with Crippen molar-refractivity contribution in [3.8, 4) is 0 Å². The first-order chi connectivity index (χ1) is 9.08. The minimum absolute atomic E-state index is 0.426. The third-order valence-electron chi connectivity index (χ3n) is 4.09. The third-order valence-corrected chi connectivity index (χ3v) is 4.09. The van der Waals surface area contributed by atoms with E-state index < -0.39 is 6.03 Å². The Bertz CT molecular complexity index is 441. The average molecular weight is 261 g/mol. The summed E-state index contributed by atoms with van der Waals surface area (Å²) in [5, 5.41) is 3.41. The Morgan fingerprint density at radius 3 is 3.00 bits per heavy atom. The van der Waals surface area contributed by atoms with Crippen LogP contribution in [0.25, 0.3) is 0 Å². The Hall–Kier alpha value is -1.55. The van der Waals surface area contributed by atoms with Gasteiger partial charge in [0.15, 0.2) is 0 Å². The van der Waals surface area contributed by atoms with E-state index >= 15 is 0 Å². The van der Waals surface area contributed by atoms with E-state index in [1.807, 2.05) is 12.1 Å². The van der Waals surface area contributed by atoms with Gasteiger partial charge in [-0.25, -0.2) is 4.79 Å². The zero-order valence-corrected chi connectivity index (χ0v) is 11.7. The van der Waals surface area contributed by atoms with Crippen LogP contribution in [0.15, 0.2) is 24.3 Å². The van der Waals surface area contributed by atoms with Crippen molar-refractivity contribution in [2.75, 3.05) is 25.0 Å². The Labute approximate surface area is 115 Å². The summed E-state index contributed by atoms with van der Waals surface area (Å²) in [6, 6.07) is 7.66. The van der Waals surface area contributed by atoms with Gasteiger partial charge in [-0.05, 0) is 55.5 Å². The fourth-order valence-corrected chi connectivity index (χ4v) is 2.72. The first kappa shape index (κ1) is 13.9. The van der Waals surface area contributed by atoms with Crippen LogP contribution in [0.5, 0.6) is 0 Å². The minimum Gasteiger partial charge on any atom is -0.351 e. The van der Waals surface area contributed by atoms with Crippen LogP contribution in [0.1, 0.15) is 18.9 Å². The number of carbonyl (C=O) groups excluding carboxylic acids is 1. The van der Waals surface area contributed by atoms with Gasteiger partial charge < -0.3 is 11.1 Å². The van der Waals surface area contributed by atoms with Gasteiger partial charge in [0.2, 0.25) is 0 Å². The van der Waals surface area contributed by atoms with Crippen LogP contribution in [0, 0.1) is 11.8 Å². The van der Waals surface area contributed by atoms with Gasteiger partial charge >= 0.3 is 6.03 Å². The van der Waals surface area contributed by atoms with Gasteiger partial charge in [-0.3, -0.25) is 4.90 Å². The fourth-order valence-electron chi connectivity index (χ4n) is 2.72. The summed E-state index contributed by atoms with van der Waals surface area (Å²) in [5.41, 5.74) is 7.43. The van der Waals surface area contributed by atoms with Crippen molar-refractivity contribution in [2.24, 2.45) is 17.6 Å². The monoisotopic (exact) mass is 261 g/mol. The van der Waals surface area contributed by atoms with E-state index in [0.717, 1.165) is 31.1 Å². The minimum atomic E-state index is -0.426. The highest BCUT2D eigenvalue weighted by atomic mass is 16.2. The maximum atomic E-state index is 11.2. The Morgan fingerprint density at radius 1 is 1.58 bits per heavy atom. The molecule has 3 N–H and O–H groups in total. The number of amides is 2. The predicted octanol–water partition coefficient (Wildman–Crippen LogP) is 1.99. The van der Waals surface area contributed by atoms with Crippen LogP contribution in [0.3, 0.4) is 0 Å². The fraction of sp³-hybridized carbons (Fsp3) is 0.533. The van der Waals surface area contributed by atoms with Gasteiger partial charge in [0.1, 0.15) is 0 Å². The molecule has 0 aliphatic carbocycles. The number of hydrogen-bond donors (Lipinski definition) is 2. The second kappa shape index (κ2) is 6.06. The molecule has 0 bridgehead atoms. The number of nitrogens with zero attached hydrogens (tertiary/aromatic N) is 1. The molecule has 0 radical (unpaired) electrons.